The van der Waals surface area contributed by atoms with Gasteiger partial charge in [-0.15, -0.1) is 0 Å². The molecule has 0 aliphatic rings. The zero-order chi connectivity index (χ0) is 14.0. The Labute approximate surface area is 106 Å². The summed E-state index contributed by atoms with van der Waals surface area (Å²) in [6.07, 6.45) is -4.40. The van der Waals surface area contributed by atoms with Crippen molar-refractivity contribution in [1.29, 1.82) is 0 Å². The Kier molecular flexibility index (Phi) is 3.43. The van der Waals surface area contributed by atoms with Crippen LogP contribution in [0.5, 0.6) is 0 Å². The first-order valence-corrected chi connectivity index (χ1v) is 5.42. The standard InChI is InChI=1S/C11H11F3N4O/c1-15-6-9-16-17-10(19)18(9)8-4-2-7(3-5-8)11(12,13)14/h2-5,15H,6H2,1H3,(H,17,19). The summed E-state index contributed by atoms with van der Waals surface area (Å²) in [5.41, 5.74) is -0.926. The van der Waals surface area contributed by atoms with E-state index < -0.39 is 17.4 Å². The maximum Gasteiger partial charge on any atom is 0.416 e. The topological polar surface area (TPSA) is 62.7 Å². The fourth-order valence-electron chi connectivity index (χ4n) is 1.67. The van der Waals surface area contributed by atoms with E-state index in [1.165, 1.54) is 16.7 Å². The van der Waals surface area contributed by atoms with Gasteiger partial charge in [-0.1, -0.05) is 0 Å². The van der Waals surface area contributed by atoms with Crippen molar-refractivity contribution in [2.24, 2.45) is 0 Å². The predicted molar refractivity (Wildman–Crippen MR) is 62.0 cm³/mol. The predicted octanol–water partition coefficient (Wildman–Crippen LogP) is 1.30. The zero-order valence-electron chi connectivity index (χ0n) is 9.95. The van der Waals surface area contributed by atoms with Gasteiger partial charge in [0.1, 0.15) is 0 Å². The molecule has 8 heteroatoms. The van der Waals surface area contributed by atoms with Gasteiger partial charge >= 0.3 is 11.9 Å². The van der Waals surface area contributed by atoms with E-state index in [4.69, 9.17) is 0 Å². The lowest BCUT2D eigenvalue weighted by molar-refractivity contribution is -0.137. The van der Waals surface area contributed by atoms with Crippen LogP contribution in [0.2, 0.25) is 0 Å². The molecule has 5 nitrogen and oxygen atoms in total. The van der Waals surface area contributed by atoms with Crippen LogP contribution in [-0.2, 0) is 12.7 Å². The molecule has 0 fully saturated rings. The van der Waals surface area contributed by atoms with Gasteiger partial charge in [-0.05, 0) is 31.3 Å². The minimum Gasteiger partial charge on any atom is -0.313 e. The van der Waals surface area contributed by atoms with E-state index in [1.54, 1.807) is 7.05 Å². The van der Waals surface area contributed by atoms with Gasteiger partial charge in [0.2, 0.25) is 0 Å². The third-order valence-corrected chi connectivity index (χ3v) is 2.53. The van der Waals surface area contributed by atoms with Crippen LogP contribution in [0.15, 0.2) is 29.1 Å². The van der Waals surface area contributed by atoms with E-state index in [2.05, 4.69) is 15.5 Å². The van der Waals surface area contributed by atoms with E-state index in [-0.39, 0.29) is 0 Å². The molecule has 0 aliphatic heterocycles. The maximum atomic E-state index is 12.4. The number of aromatic nitrogens is 3. The van der Waals surface area contributed by atoms with Gasteiger partial charge in [-0.25, -0.2) is 14.5 Å². The average molecular weight is 272 g/mol. The Morgan fingerprint density at radius 3 is 2.47 bits per heavy atom. The van der Waals surface area contributed by atoms with Gasteiger partial charge in [0.15, 0.2) is 5.82 Å². The van der Waals surface area contributed by atoms with Gasteiger partial charge in [0.25, 0.3) is 0 Å². The number of alkyl halides is 3. The Hall–Kier alpha value is -2.09. The molecule has 0 saturated carbocycles. The molecule has 2 rings (SSSR count). The number of H-pyrrole nitrogens is 1. The molecule has 0 bridgehead atoms. The second kappa shape index (κ2) is 4.88. The normalized spacial score (nSPS) is 11.8. The number of halogens is 3. The first-order valence-electron chi connectivity index (χ1n) is 5.42. The van der Waals surface area contributed by atoms with Crippen molar-refractivity contribution in [2.45, 2.75) is 12.7 Å². The molecule has 0 spiro atoms. The second-order valence-corrected chi connectivity index (χ2v) is 3.86. The molecule has 2 aromatic rings. The molecule has 0 aliphatic carbocycles. The molecule has 0 unspecified atom stereocenters. The monoisotopic (exact) mass is 272 g/mol. The first-order chi connectivity index (χ1) is 8.93. The summed E-state index contributed by atoms with van der Waals surface area (Å²) in [6.45, 7) is 0.319. The highest BCUT2D eigenvalue weighted by Gasteiger charge is 2.30. The zero-order valence-corrected chi connectivity index (χ0v) is 9.95. The first kappa shape index (κ1) is 13.3. The largest absolute Gasteiger partial charge is 0.416 e. The summed E-state index contributed by atoms with van der Waals surface area (Å²) in [7, 11) is 1.68. The van der Waals surface area contributed by atoms with E-state index in [1.807, 2.05) is 0 Å². The average Bonchev–Trinajstić information content (AvgIpc) is 2.70. The van der Waals surface area contributed by atoms with Gasteiger partial charge in [0.05, 0.1) is 17.8 Å². The maximum absolute atomic E-state index is 12.4. The van der Waals surface area contributed by atoms with Crippen LogP contribution < -0.4 is 11.0 Å². The molecule has 1 aromatic heterocycles. The Morgan fingerprint density at radius 1 is 1.32 bits per heavy atom. The molecule has 0 saturated heterocycles. The SMILES string of the molecule is CNCc1n[nH]c(=O)n1-c1ccc(C(F)(F)F)cc1. The van der Waals surface area contributed by atoms with E-state index in [0.717, 1.165) is 12.1 Å². The number of hydrogen-bond donors (Lipinski definition) is 2. The Morgan fingerprint density at radius 2 is 1.95 bits per heavy atom. The Balaban J connectivity index is 2.43. The minimum absolute atomic E-state index is 0.319. The summed E-state index contributed by atoms with van der Waals surface area (Å²) in [6, 6.07) is 4.33. The van der Waals surface area contributed by atoms with Gasteiger partial charge in [-0.3, -0.25) is 0 Å². The highest BCUT2D eigenvalue weighted by molar-refractivity contribution is 5.36. The third-order valence-electron chi connectivity index (χ3n) is 2.53. The summed E-state index contributed by atoms with van der Waals surface area (Å²) < 4.78 is 38.6. The molecule has 0 amide bonds. The second-order valence-electron chi connectivity index (χ2n) is 3.86. The summed E-state index contributed by atoms with van der Waals surface area (Å²) >= 11 is 0. The highest BCUT2D eigenvalue weighted by Crippen LogP contribution is 2.29. The molecule has 1 aromatic carbocycles. The van der Waals surface area contributed by atoms with Gasteiger partial charge in [-0.2, -0.15) is 18.3 Å². The smallest absolute Gasteiger partial charge is 0.313 e. The molecular formula is C11H11F3N4O. The summed E-state index contributed by atoms with van der Waals surface area (Å²) in [5, 5.41) is 8.88. The number of nitrogens with zero attached hydrogens (tertiary/aromatic N) is 2. The molecule has 0 radical (unpaired) electrons. The highest BCUT2D eigenvalue weighted by atomic mass is 19.4. The van der Waals surface area contributed by atoms with Crippen molar-refractivity contribution in [3.63, 3.8) is 0 Å². The van der Waals surface area contributed by atoms with Gasteiger partial charge < -0.3 is 5.32 Å². The lowest BCUT2D eigenvalue weighted by atomic mass is 10.2. The van der Waals surface area contributed by atoms with Crippen LogP contribution in [0, 0.1) is 0 Å². The number of benzene rings is 1. The van der Waals surface area contributed by atoms with Crippen LogP contribution in [0.3, 0.4) is 0 Å². The van der Waals surface area contributed by atoms with Crippen LogP contribution in [0.1, 0.15) is 11.4 Å². The van der Waals surface area contributed by atoms with Crippen molar-refractivity contribution in [3.05, 3.63) is 46.1 Å². The number of aromatic amines is 1. The number of nitrogens with one attached hydrogen (secondary N) is 2. The number of rotatable bonds is 3. The quantitative estimate of drug-likeness (QED) is 0.885. The fraction of sp³-hybridized carbons (Fsp3) is 0.273. The molecular weight excluding hydrogens is 261 g/mol. The van der Waals surface area contributed by atoms with Crippen molar-refractivity contribution in [2.75, 3.05) is 7.05 Å². The van der Waals surface area contributed by atoms with Crippen molar-refractivity contribution in [1.82, 2.24) is 20.1 Å². The van der Waals surface area contributed by atoms with Crippen molar-refractivity contribution in [3.8, 4) is 5.69 Å². The minimum atomic E-state index is -4.40. The van der Waals surface area contributed by atoms with Gasteiger partial charge in [0, 0.05) is 0 Å². The lowest BCUT2D eigenvalue weighted by Gasteiger charge is -2.09. The van der Waals surface area contributed by atoms with E-state index in [9.17, 15) is 18.0 Å². The summed E-state index contributed by atoms with van der Waals surface area (Å²) in [5.74, 6) is 0.396. The van der Waals surface area contributed by atoms with E-state index in [0.29, 0.717) is 18.1 Å². The molecule has 1 heterocycles. The summed E-state index contributed by atoms with van der Waals surface area (Å²) in [4.78, 5) is 11.6. The van der Waals surface area contributed by atoms with Crippen LogP contribution in [-0.4, -0.2) is 21.8 Å². The Bertz CT molecular complexity index is 612. The van der Waals surface area contributed by atoms with Crippen LogP contribution in [0.4, 0.5) is 13.2 Å². The molecule has 2 N–H and O–H groups in total. The molecule has 19 heavy (non-hydrogen) atoms. The third kappa shape index (κ3) is 2.68. The molecule has 0 atom stereocenters. The van der Waals surface area contributed by atoms with Crippen molar-refractivity contribution < 1.29 is 13.2 Å². The fourth-order valence-corrected chi connectivity index (χ4v) is 1.67. The molecule has 102 valence electrons. The van der Waals surface area contributed by atoms with Crippen LogP contribution >= 0.6 is 0 Å². The van der Waals surface area contributed by atoms with E-state index >= 15 is 0 Å². The van der Waals surface area contributed by atoms with Crippen LogP contribution in [0.25, 0.3) is 5.69 Å². The van der Waals surface area contributed by atoms with Crippen molar-refractivity contribution >= 4 is 0 Å². The lowest BCUT2D eigenvalue weighted by Crippen LogP contribution is -2.19. The number of hydrogen-bond acceptors (Lipinski definition) is 3.